The third-order valence-corrected chi connectivity index (χ3v) is 3.79. The lowest BCUT2D eigenvalue weighted by Crippen LogP contribution is -3.00. The van der Waals surface area contributed by atoms with Gasteiger partial charge in [0.2, 0.25) is 12.3 Å². The predicted octanol–water partition coefficient (Wildman–Crippen LogP) is -0.0690. The zero-order valence-corrected chi connectivity index (χ0v) is 15.0. The number of carbonyl (C=O) groups excluding carboxylic acids is 1. The molecule has 0 unspecified atom stereocenters. The smallest absolute Gasteiger partial charge is 0.283 e. The molecule has 0 N–H and O–H groups in total. The molecule has 0 fully saturated rings. The summed E-state index contributed by atoms with van der Waals surface area (Å²) in [6.07, 6.45) is 3.33. The van der Waals surface area contributed by atoms with E-state index in [2.05, 4.69) is 0 Å². The molecule has 0 aliphatic rings. The Bertz CT molecular complexity index is 929. The van der Waals surface area contributed by atoms with Gasteiger partial charge in [0.25, 0.3) is 5.69 Å². The van der Waals surface area contributed by atoms with Crippen molar-refractivity contribution in [1.82, 2.24) is 0 Å². The molecule has 0 bridgehead atoms. The van der Waals surface area contributed by atoms with E-state index in [0.717, 1.165) is 0 Å². The second-order valence-electron chi connectivity index (χ2n) is 5.28. The number of fused-ring (bicyclic) bond motifs is 1. The Morgan fingerprint density at radius 3 is 2.48 bits per heavy atom. The summed E-state index contributed by atoms with van der Waals surface area (Å²) in [5.41, 5.74) is 0.581. The van der Waals surface area contributed by atoms with Crippen molar-refractivity contribution in [2.75, 3.05) is 7.11 Å². The first-order valence-electron chi connectivity index (χ1n) is 7.32. The minimum Gasteiger partial charge on any atom is -1.00 e. The number of aromatic nitrogens is 1. The Balaban J connectivity index is 0.00000225. The monoisotopic (exact) mass is 402 g/mol. The van der Waals surface area contributed by atoms with Crippen molar-refractivity contribution >= 4 is 22.2 Å². The molecule has 0 saturated carbocycles. The third-order valence-electron chi connectivity index (χ3n) is 3.79. The normalized spacial score (nSPS) is 10.1. The SMILES string of the molecule is COc1ccc([N+](=O)[O-])c2c[n+](CC(=O)c3ccccc3)ccc12.[Br-]. The lowest BCUT2D eigenvalue weighted by atomic mass is 10.1. The molecule has 0 spiro atoms. The van der Waals surface area contributed by atoms with Gasteiger partial charge in [0.15, 0.2) is 12.4 Å². The van der Waals surface area contributed by atoms with Gasteiger partial charge in [-0.25, -0.2) is 0 Å². The summed E-state index contributed by atoms with van der Waals surface area (Å²) in [5.74, 6) is 0.489. The molecular weight excluding hydrogens is 388 g/mol. The van der Waals surface area contributed by atoms with Gasteiger partial charge in [0.1, 0.15) is 11.1 Å². The molecular formula is C18H15BrN2O4. The van der Waals surface area contributed by atoms with E-state index in [0.29, 0.717) is 22.1 Å². The van der Waals surface area contributed by atoms with Crippen LogP contribution in [0, 0.1) is 10.1 Å². The molecule has 3 aromatic rings. The number of hydrogen-bond acceptors (Lipinski definition) is 4. The number of non-ortho nitro benzene ring substituents is 1. The molecule has 0 aliphatic heterocycles. The molecule has 7 heteroatoms. The molecule has 3 rings (SSSR count). The highest BCUT2D eigenvalue weighted by Gasteiger charge is 2.20. The zero-order valence-electron chi connectivity index (χ0n) is 13.4. The van der Waals surface area contributed by atoms with Crippen molar-refractivity contribution in [3.63, 3.8) is 0 Å². The number of ether oxygens (including phenoxy) is 1. The first kappa shape index (κ1) is 18.5. The Kier molecular flexibility index (Phi) is 5.82. The Morgan fingerprint density at radius 2 is 1.84 bits per heavy atom. The minimum atomic E-state index is -0.439. The second kappa shape index (κ2) is 7.85. The maximum Gasteiger partial charge on any atom is 0.283 e. The molecule has 6 nitrogen and oxygen atoms in total. The highest BCUT2D eigenvalue weighted by molar-refractivity contribution is 5.96. The fourth-order valence-electron chi connectivity index (χ4n) is 2.61. The summed E-state index contributed by atoms with van der Waals surface area (Å²) in [4.78, 5) is 23.1. The van der Waals surface area contributed by atoms with Crippen LogP contribution in [0.4, 0.5) is 5.69 Å². The highest BCUT2D eigenvalue weighted by Crippen LogP contribution is 2.31. The van der Waals surface area contributed by atoms with Crippen molar-refractivity contribution in [3.8, 4) is 5.75 Å². The van der Waals surface area contributed by atoms with E-state index in [1.54, 1.807) is 53.4 Å². The summed E-state index contributed by atoms with van der Waals surface area (Å²) < 4.78 is 6.90. The summed E-state index contributed by atoms with van der Waals surface area (Å²) in [7, 11) is 1.51. The van der Waals surface area contributed by atoms with Crippen LogP contribution in [0.15, 0.2) is 60.9 Å². The zero-order chi connectivity index (χ0) is 17.1. The number of carbonyl (C=O) groups is 1. The van der Waals surface area contributed by atoms with Crippen LogP contribution in [0.25, 0.3) is 10.8 Å². The first-order valence-corrected chi connectivity index (χ1v) is 7.32. The summed E-state index contributed by atoms with van der Waals surface area (Å²) in [6, 6.07) is 13.6. The molecule has 0 aliphatic carbocycles. The maximum absolute atomic E-state index is 12.3. The number of hydrogen-bond donors (Lipinski definition) is 0. The highest BCUT2D eigenvalue weighted by atomic mass is 79.9. The van der Waals surface area contributed by atoms with Gasteiger partial charge in [0.05, 0.1) is 12.0 Å². The van der Waals surface area contributed by atoms with Crippen LogP contribution in [0.1, 0.15) is 10.4 Å². The first-order chi connectivity index (χ1) is 11.6. The van der Waals surface area contributed by atoms with Crippen LogP contribution in [0.2, 0.25) is 0 Å². The number of rotatable bonds is 5. The number of pyridine rings is 1. The van der Waals surface area contributed by atoms with E-state index in [1.807, 2.05) is 6.07 Å². The quantitative estimate of drug-likeness (QED) is 0.259. The van der Waals surface area contributed by atoms with Crippen LogP contribution >= 0.6 is 0 Å². The van der Waals surface area contributed by atoms with Crippen molar-refractivity contribution in [3.05, 3.63) is 76.6 Å². The molecule has 2 aromatic carbocycles. The van der Waals surface area contributed by atoms with Gasteiger partial charge in [-0.05, 0) is 6.07 Å². The number of Topliss-reactive ketones (excluding diaryl/α,β-unsaturated/α-hetero) is 1. The average molecular weight is 403 g/mol. The molecule has 0 saturated heterocycles. The fraction of sp³-hybridized carbons (Fsp3) is 0.111. The number of ketones is 1. The second-order valence-corrected chi connectivity index (χ2v) is 5.28. The maximum atomic E-state index is 12.3. The van der Waals surface area contributed by atoms with Crippen molar-refractivity contribution in [2.45, 2.75) is 6.54 Å². The van der Waals surface area contributed by atoms with Crippen molar-refractivity contribution in [2.24, 2.45) is 0 Å². The standard InChI is InChI=1S/C18H15N2O4.BrH/c1-24-18-8-7-16(20(22)23)15-11-19(10-9-14(15)18)12-17(21)13-5-3-2-4-6-13;/h2-11H,12H2,1H3;1H/q+1;/p-1. The molecule has 0 atom stereocenters. The number of nitro benzene ring substituents is 1. The summed E-state index contributed by atoms with van der Waals surface area (Å²) in [5, 5.41) is 12.3. The number of nitro groups is 1. The lowest BCUT2D eigenvalue weighted by Gasteiger charge is -2.05. The van der Waals surface area contributed by atoms with Gasteiger partial charge in [-0.2, -0.15) is 4.57 Å². The van der Waals surface area contributed by atoms with Crippen LogP contribution in [-0.2, 0) is 6.54 Å². The van der Waals surface area contributed by atoms with Crippen LogP contribution in [0.3, 0.4) is 0 Å². The largest absolute Gasteiger partial charge is 1.00 e. The molecule has 128 valence electrons. The van der Waals surface area contributed by atoms with E-state index in [-0.39, 0.29) is 35.0 Å². The number of benzene rings is 2. The minimum absolute atomic E-state index is 0. The van der Waals surface area contributed by atoms with Gasteiger partial charge in [-0.3, -0.25) is 14.9 Å². The molecule has 0 amide bonds. The van der Waals surface area contributed by atoms with E-state index in [1.165, 1.54) is 13.2 Å². The van der Waals surface area contributed by atoms with E-state index >= 15 is 0 Å². The lowest BCUT2D eigenvalue weighted by molar-refractivity contribution is -0.681. The topological polar surface area (TPSA) is 73.3 Å². The van der Waals surface area contributed by atoms with Crippen molar-refractivity contribution < 1.29 is 36.0 Å². The Morgan fingerprint density at radius 1 is 1.12 bits per heavy atom. The van der Waals surface area contributed by atoms with Gasteiger partial charge >= 0.3 is 0 Å². The van der Waals surface area contributed by atoms with E-state index < -0.39 is 4.92 Å². The average Bonchev–Trinajstić information content (AvgIpc) is 2.61. The van der Waals surface area contributed by atoms with Crippen LogP contribution in [0.5, 0.6) is 5.75 Å². The molecule has 0 radical (unpaired) electrons. The number of nitrogens with zero attached hydrogens (tertiary/aromatic N) is 2. The van der Waals surface area contributed by atoms with E-state index in [4.69, 9.17) is 4.74 Å². The van der Waals surface area contributed by atoms with Gasteiger partial charge in [-0.1, -0.05) is 30.3 Å². The molecule has 1 heterocycles. The molecule has 1 aromatic heterocycles. The Hall–Kier alpha value is -2.80. The van der Waals surface area contributed by atoms with Crippen LogP contribution in [-0.4, -0.2) is 17.8 Å². The van der Waals surface area contributed by atoms with Crippen molar-refractivity contribution in [1.29, 1.82) is 0 Å². The Labute approximate surface area is 154 Å². The van der Waals surface area contributed by atoms with Gasteiger partial charge in [0, 0.05) is 23.1 Å². The fourth-order valence-corrected chi connectivity index (χ4v) is 2.61. The van der Waals surface area contributed by atoms with Crippen LogP contribution < -0.4 is 26.3 Å². The van der Waals surface area contributed by atoms with E-state index in [9.17, 15) is 14.9 Å². The third kappa shape index (κ3) is 3.83. The number of halogens is 1. The summed E-state index contributed by atoms with van der Waals surface area (Å²) in [6.45, 7) is 0.105. The van der Waals surface area contributed by atoms with Gasteiger partial charge < -0.3 is 21.7 Å². The van der Waals surface area contributed by atoms with Gasteiger partial charge in [-0.15, -0.1) is 0 Å². The predicted molar refractivity (Wildman–Crippen MR) is 88.1 cm³/mol. The summed E-state index contributed by atoms with van der Waals surface area (Å²) >= 11 is 0. The number of methoxy groups -OCH3 is 1. The molecule has 25 heavy (non-hydrogen) atoms.